The number of para-hydroxylation sites is 1. The molecule has 23 heavy (non-hydrogen) atoms. The summed E-state index contributed by atoms with van der Waals surface area (Å²) in [5.41, 5.74) is 3.38. The van der Waals surface area contributed by atoms with Crippen molar-refractivity contribution in [3.8, 4) is 5.75 Å². The molecule has 2 heterocycles. The van der Waals surface area contributed by atoms with Crippen LogP contribution in [0.1, 0.15) is 41.4 Å². The molecule has 4 rings (SSSR count). The van der Waals surface area contributed by atoms with Crippen molar-refractivity contribution in [3.05, 3.63) is 59.2 Å². The van der Waals surface area contributed by atoms with Gasteiger partial charge in [-0.1, -0.05) is 32.0 Å². The third-order valence-electron chi connectivity index (χ3n) is 5.27. The molecule has 0 spiro atoms. The van der Waals surface area contributed by atoms with Crippen LogP contribution in [-0.4, -0.2) is 17.7 Å². The molecule has 4 nitrogen and oxygen atoms in total. The SMILES string of the molecule is CC1(C)c2cc(C(=O)O)ccc2N[C@H]2c3ccccc3OC[C@H]21. The summed E-state index contributed by atoms with van der Waals surface area (Å²) in [6.45, 7) is 4.97. The fourth-order valence-corrected chi connectivity index (χ4v) is 3.87. The van der Waals surface area contributed by atoms with E-state index in [4.69, 9.17) is 4.74 Å². The van der Waals surface area contributed by atoms with Crippen LogP contribution in [0, 0.1) is 5.92 Å². The topological polar surface area (TPSA) is 58.6 Å². The van der Waals surface area contributed by atoms with Crippen LogP contribution in [0.15, 0.2) is 42.5 Å². The first kappa shape index (κ1) is 14.1. The maximum absolute atomic E-state index is 11.3. The Labute approximate surface area is 135 Å². The van der Waals surface area contributed by atoms with Crippen LogP contribution in [0.3, 0.4) is 0 Å². The molecule has 4 heteroatoms. The summed E-state index contributed by atoms with van der Waals surface area (Å²) in [5.74, 6) is 0.285. The number of ether oxygens (including phenoxy) is 1. The van der Waals surface area contributed by atoms with Crippen molar-refractivity contribution in [2.45, 2.75) is 25.3 Å². The van der Waals surface area contributed by atoms with E-state index in [1.54, 1.807) is 12.1 Å². The van der Waals surface area contributed by atoms with E-state index in [-0.39, 0.29) is 17.4 Å². The van der Waals surface area contributed by atoms with Crippen LogP contribution in [0.4, 0.5) is 5.69 Å². The van der Waals surface area contributed by atoms with E-state index >= 15 is 0 Å². The molecule has 2 aromatic rings. The summed E-state index contributed by atoms with van der Waals surface area (Å²) >= 11 is 0. The second-order valence-electron chi connectivity index (χ2n) is 6.86. The molecule has 2 N–H and O–H groups in total. The number of hydrogen-bond donors (Lipinski definition) is 2. The first-order valence-electron chi connectivity index (χ1n) is 7.84. The van der Waals surface area contributed by atoms with Crippen molar-refractivity contribution in [2.75, 3.05) is 11.9 Å². The van der Waals surface area contributed by atoms with Gasteiger partial charge in [0.15, 0.2) is 0 Å². The largest absolute Gasteiger partial charge is 0.493 e. The minimum atomic E-state index is -0.893. The summed E-state index contributed by atoms with van der Waals surface area (Å²) in [6.07, 6.45) is 0. The van der Waals surface area contributed by atoms with E-state index in [1.165, 1.54) is 5.56 Å². The number of carboxylic acids is 1. The molecular formula is C19H19NO3. The van der Waals surface area contributed by atoms with Crippen LogP contribution in [0.2, 0.25) is 0 Å². The van der Waals surface area contributed by atoms with Gasteiger partial charge in [0.2, 0.25) is 0 Å². The van der Waals surface area contributed by atoms with E-state index in [2.05, 4.69) is 25.2 Å². The summed E-state index contributed by atoms with van der Waals surface area (Å²) in [7, 11) is 0. The molecule has 0 aromatic heterocycles. The number of carboxylic acid groups (broad SMARTS) is 1. The number of fused-ring (bicyclic) bond motifs is 4. The van der Waals surface area contributed by atoms with Crippen molar-refractivity contribution >= 4 is 11.7 Å². The van der Waals surface area contributed by atoms with Crippen LogP contribution in [0.25, 0.3) is 0 Å². The zero-order valence-electron chi connectivity index (χ0n) is 13.2. The fourth-order valence-electron chi connectivity index (χ4n) is 3.87. The maximum atomic E-state index is 11.3. The number of carbonyl (C=O) groups is 1. The lowest BCUT2D eigenvalue weighted by atomic mass is 9.65. The Kier molecular flexibility index (Phi) is 2.92. The van der Waals surface area contributed by atoms with Crippen molar-refractivity contribution in [2.24, 2.45) is 5.92 Å². The summed E-state index contributed by atoms with van der Waals surface area (Å²) < 4.78 is 5.96. The van der Waals surface area contributed by atoms with Gasteiger partial charge >= 0.3 is 5.97 Å². The van der Waals surface area contributed by atoms with Crippen molar-refractivity contribution in [1.82, 2.24) is 0 Å². The Bertz CT molecular complexity index is 797. The van der Waals surface area contributed by atoms with Gasteiger partial charge in [0.1, 0.15) is 5.75 Å². The number of aromatic carboxylic acids is 1. The molecule has 2 aliphatic heterocycles. The normalized spacial score (nSPS) is 23.6. The van der Waals surface area contributed by atoms with E-state index in [0.29, 0.717) is 12.2 Å². The third-order valence-corrected chi connectivity index (χ3v) is 5.27. The number of rotatable bonds is 1. The van der Waals surface area contributed by atoms with Gasteiger partial charge in [0.25, 0.3) is 0 Å². The quantitative estimate of drug-likeness (QED) is 0.840. The molecule has 0 amide bonds. The average molecular weight is 309 g/mol. The van der Waals surface area contributed by atoms with Crippen LogP contribution in [0.5, 0.6) is 5.75 Å². The predicted molar refractivity (Wildman–Crippen MR) is 88.2 cm³/mol. The molecule has 0 aliphatic carbocycles. The van der Waals surface area contributed by atoms with Crippen LogP contribution in [-0.2, 0) is 5.41 Å². The van der Waals surface area contributed by atoms with Gasteiger partial charge in [0, 0.05) is 22.6 Å². The standard InChI is InChI=1S/C19H19NO3/c1-19(2)13-9-11(18(21)22)7-8-15(13)20-17-12-5-3-4-6-16(12)23-10-14(17)19/h3-9,14,17,20H,10H2,1-2H3,(H,21,22)/t14-,17+/m1/s1. The molecule has 0 unspecified atom stereocenters. The second-order valence-corrected chi connectivity index (χ2v) is 6.86. The molecular weight excluding hydrogens is 290 g/mol. The molecule has 2 aromatic carbocycles. The lowest BCUT2D eigenvalue weighted by Gasteiger charge is -2.48. The van der Waals surface area contributed by atoms with E-state index < -0.39 is 5.97 Å². The first-order valence-corrected chi connectivity index (χ1v) is 7.84. The van der Waals surface area contributed by atoms with Gasteiger partial charge in [-0.25, -0.2) is 4.79 Å². The highest BCUT2D eigenvalue weighted by Crippen LogP contribution is 2.51. The maximum Gasteiger partial charge on any atom is 0.335 e. The Morgan fingerprint density at radius 3 is 2.83 bits per heavy atom. The van der Waals surface area contributed by atoms with Gasteiger partial charge < -0.3 is 15.2 Å². The predicted octanol–water partition coefficient (Wildman–Crippen LogP) is 3.84. The minimum Gasteiger partial charge on any atom is -0.493 e. The molecule has 0 saturated heterocycles. The molecule has 2 atom stereocenters. The molecule has 0 radical (unpaired) electrons. The lowest BCUT2D eigenvalue weighted by molar-refractivity contribution is 0.0696. The molecule has 0 saturated carbocycles. The summed E-state index contributed by atoms with van der Waals surface area (Å²) in [4.78, 5) is 11.3. The summed E-state index contributed by atoms with van der Waals surface area (Å²) in [6, 6.07) is 13.6. The Morgan fingerprint density at radius 1 is 1.26 bits per heavy atom. The van der Waals surface area contributed by atoms with Crippen molar-refractivity contribution < 1.29 is 14.6 Å². The highest BCUT2D eigenvalue weighted by Gasteiger charge is 2.46. The van der Waals surface area contributed by atoms with E-state index in [1.807, 2.05) is 24.3 Å². The van der Waals surface area contributed by atoms with Crippen LogP contribution < -0.4 is 10.1 Å². The van der Waals surface area contributed by atoms with Crippen LogP contribution >= 0.6 is 0 Å². The smallest absolute Gasteiger partial charge is 0.335 e. The molecule has 118 valence electrons. The van der Waals surface area contributed by atoms with E-state index in [9.17, 15) is 9.90 Å². The Balaban J connectivity index is 1.85. The van der Waals surface area contributed by atoms with Gasteiger partial charge in [-0.3, -0.25) is 0 Å². The Hall–Kier alpha value is -2.49. The second kappa shape index (κ2) is 4.75. The molecule has 0 fully saturated rings. The van der Waals surface area contributed by atoms with Gasteiger partial charge in [0.05, 0.1) is 18.2 Å². The van der Waals surface area contributed by atoms with Gasteiger partial charge in [-0.15, -0.1) is 0 Å². The Morgan fingerprint density at radius 2 is 2.04 bits per heavy atom. The highest BCUT2D eigenvalue weighted by molar-refractivity contribution is 5.89. The zero-order valence-corrected chi connectivity index (χ0v) is 13.2. The fraction of sp³-hybridized carbons (Fsp3) is 0.316. The van der Waals surface area contributed by atoms with Crippen molar-refractivity contribution in [3.63, 3.8) is 0 Å². The van der Waals surface area contributed by atoms with Crippen molar-refractivity contribution in [1.29, 1.82) is 0 Å². The highest BCUT2D eigenvalue weighted by atomic mass is 16.5. The van der Waals surface area contributed by atoms with E-state index in [0.717, 1.165) is 17.0 Å². The number of hydrogen-bond acceptors (Lipinski definition) is 3. The average Bonchev–Trinajstić information content (AvgIpc) is 2.54. The number of anilines is 1. The lowest BCUT2D eigenvalue weighted by Crippen LogP contribution is -2.46. The third kappa shape index (κ3) is 2.01. The molecule has 2 aliphatic rings. The number of nitrogens with one attached hydrogen (secondary N) is 1. The number of benzene rings is 2. The van der Waals surface area contributed by atoms with Gasteiger partial charge in [-0.05, 0) is 29.8 Å². The van der Waals surface area contributed by atoms with Gasteiger partial charge in [-0.2, -0.15) is 0 Å². The first-order chi connectivity index (χ1) is 11.0. The minimum absolute atomic E-state index is 0.176. The summed E-state index contributed by atoms with van der Waals surface area (Å²) in [5, 5.41) is 12.9. The monoisotopic (exact) mass is 309 g/mol. The zero-order chi connectivity index (χ0) is 16.2. The molecule has 0 bridgehead atoms.